The highest BCUT2D eigenvalue weighted by Crippen LogP contribution is 2.41. The van der Waals surface area contributed by atoms with E-state index in [4.69, 9.17) is 5.73 Å². The molecule has 1 fully saturated rings. The second-order valence-electron chi connectivity index (χ2n) is 7.77. The number of rotatable bonds is 6. The standard InChI is InChI=1S/C20H26FN3OS/c1-14-4-5-15(12-23-14)19(2,3)24-11-10-20(13-24,18(22)25)9-8-16-6-7-17(21)26-16/h4-7,12H,8-11,13H2,1-3H3,(H2,22,25). The molecule has 0 aromatic carbocycles. The SMILES string of the molecule is Cc1ccc(C(C)(C)N2CCC(CCc3ccc(F)s3)(C(N)=O)C2)cn1. The summed E-state index contributed by atoms with van der Waals surface area (Å²) in [5.74, 6) is -0.255. The molecule has 26 heavy (non-hydrogen) atoms. The Hall–Kier alpha value is -1.79. The molecule has 1 aliphatic rings. The van der Waals surface area contributed by atoms with Gasteiger partial charge in [-0.15, -0.1) is 11.3 Å². The minimum Gasteiger partial charge on any atom is -0.369 e. The number of hydrogen-bond donors (Lipinski definition) is 1. The van der Waals surface area contributed by atoms with Gasteiger partial charge < -0.3 is 5.73 Å². The maximum absolute atomic E-state index is 13.2. The minimum atomic E-state index is -0.560. The fraction of sp³-hybridized carbons (Fsp3) is 0.500. The molecule has 1 saturated heterocycles. The summed E-state index contributed by atoms with van der Waals surface area (Å²) in [7, 11) is 0. The van der Waals surface area contributed by atoms with Gasteiger partial charge in [0.15, 0.2) is 5.13 Å². The first-order valence-corrected chi connectivity index (χ1v) is 9.77. The molecule has 0 saturated carbocycles. The van der Waals surface area contributed by atoms with Crippen molar-refractivity contribution in [1.82, 2.24) is 9.88 Å². The van der Waals surface area contributed by atoms with E-state index in [2.05, 4.69) is 29.8 Å². The van der Waals surface area contributed by atoms with Crippen molar-refractivity contribution >= 4 is 17.2 Å². The van der Waals surface area contributed by atoms with Gasteiger partial charge in [-0.3, -0.25) is 14.7 Å². The van der Waals surface area contributed by atoms with Crippen molar-refractivity contribution in [2.24, 2.45) is 11.1 Å². The lowest BCUT2D eigenvalue weighted by molar-refractivity contribution is -0.127. The Morgan fingerprint density at radius 3 is 2.73 bits per heavy atom. The second-order valence-corrected chi connectivity index (χ2v) is 8.89. The van der Waals surface area contributed by atoms with Crippen molar-refractivity contribution in [3.05, 3.63) is 51.7 Å². The topological polar surface area (TPSA) is 59.2 Å². The second kappa shape index (κ2) is 7.08. The van der Waals surface area contributed by atoms with Crippen molar-refractivity contribution in [2.75, 3.05) is 13.1 Å². The average Bonchev–Trinajstić information content (AvgIpc) is 3.21. The molecule has 0 radical (unpaired) electrons. The molecule has 2 N–H and O–H groups in total. The molecule has 6 heteroatoms. The molecule has 2 aromatic rings. The Morgan fingerprint density at radius 2 is 2.15 bits per heavy atom. The normalized spacial score (nSPS) is 21.2. The summed E-state index contributed by atoms with van der Waals surface area (Å²) in [6.07, 6.45) is 3.98. The van der Waals surface area contributed by atoms with Crippen LogP contribution < -0.4 is 5.73 Å². The van der Waals surface area contributed by atoms with Crippen LogP contribution in [0.5, 0.6) is 0 Å². The van der Waals surface area contributed by atoms with Crippen molar-refractivity contribution in [1.29, 1.82) is 0 Å². The number of nitrogens with zero attached hydrogens (tertiary/aromatic N) is 2. The number of primary amides is 1. The number of carbonyl (C=O) groups is 1. The molecule has 4 nitrogen and oxygen atoms in total. The number of aromatic nitrogens is 1. The van der Waals surface area contributed by atoms with E-state index in [1.165, 1.54) is 6.07 Å². The van der Waals surface area contributed by atoms with Gasteiger partial charge in [0.1, 0.15) is 0 Å². The Kier molecular flexibility index (Phi) is 5.17. The summed E-state index contributed by atoms with van der Waals surface area (Å²) in [5, 5.41) is -0.186. The lowest BCUT2D eigenvalue weighted by Crippen LogP contribution is -2.45. The number of halogens is 1. The van der Waals surface area contributed by atoms with Gasteiger partial charge in [0.2, 0.25) is 5.91 Å². The first-order chi connectivity index (χ1) is 12.2. The van der Waals surface area contributed by atoms with Crippen LogP contribution in [0.1, 0.15) is 42.8 Å². The molecular formula is C20H26FN3OS. The van der Waals surface area contributed by atoms with Crippen LogP contribution in [-0.2, 0) is 16.8 Å². The summed E-state index contributed by atoms with van der Waals surface area (Å²) in [4.78, 5) is 20.0. The lowest BCUT2D eigenvalue weighted by atomic mass is 9.81. The van der Waals surface area contributed by atoms with Gasteiger partial charge in [0.05, 0.1) is 5.41 Å². The summed E-state index contributed by atoms with van der Waals surface area (Å²) >= 11 is 1.15. The Bertz CT molecular complexity index is 787. The fourth-order valence-electron chi connectivity index (χ4n) is 3.74. The van der Waals surface area contributed by atoms with E-state index in [-0.39, 0.29) is 16.6 Å². The number of nitrogens with two attached hydrogens (primary N) is 1. The highest BCUT2D eigenvalue weighted by atomic mass is 32.1. The zero-order valence-corrected chi connectivity index (χ0v) is 16.4. The van der Waals surface area contributed by atoms with Crippen LogP contribution in [0.15, 0.2) is 30.5 Å². The monoisotopic (exact) mass is 375 g/mol. The molecule has 3 rings (SSSR count). The summed E-state index contributed by atoms with van der Waals surface area (Å²) in [6, 6.07) is 7.38. The molecule has 1 amide bonds. The third kappa shape index (κ3) is 3.67. The van der Waals surface area contributed by atoms with Crippen molar-refractivity contribution < 1.29 is 9.18 Å². The smallest absolute Gasteiger partial charge is 0.224 e. The van der Waals surface area contributed by atoms with Crippen LogP contribution in [0.3, 0.4) is 0 Å². The molecular weight excluding hydrogens is 349 g/mol. The van der Waals surface area contributed by atoms with Crippen molar-refractivity contribution in [2.45, 2.75) is 45.6 Å². The summed E-state index contributed by atoms with van der Waals surface area (Å²) in [5.41, 5.74) is 7.14. The Balaban J connectivity index is 1.76. The summed E-state index contributed by atoms with van der Waals surface area (Å²) in [6.45, 7) is 7.72. The van der Waals surface area contributed by atoms with E-state index in [0.29, 0.717) is 19.4 Å². The maximum atomic E-state index is 13.2. The first kappa shape index (κ1) is 19.0. The van der Waals surface area contributed by atoms with Gasteiger partial charge in [-0.2, -0.15) is 4.39 Å². The van der Waals surface area contributed by atoms with E-state index >= 15 is 0 Å². The molecule has 1 atom stereocenters. The van der Waals surface area contributed by atoms with Crippen molar-refractivity contribution in [3.63, 3.8) is 0 Å². The van der Waals surface area contributed by atoms with E-state index in [1.807, 2.05) is 19.2 Å². The van der Waals surface area contributed by atoms with E-state index in [9.17, 15) is 9.18 Å². The third-order valence-corrected chi connectivity index (χ3v) is 6.70. The van der Waals surface area contributed by atoms with Crippen LogP contribution in [0.4, 0.5) is 4.39 Å². The summed E-state index contributed by atoms with van der Waals surface area (Å²) < 4.78 is 13.2. The number of pyridine rings is 1. The van der Waals surface area contributed by atoms with E-state index in [0.717, 1.165) is 40.4 Å². The zero-order valence-electron chi connectivity index (χ0n) is 15.6. The molecule has 1 unspecified atom stereocenters. The van der Waals surface area contributed by atoms with Crippen LogP contribution >= 0.6 is 11.3 Å². The molecule has 0 aliphatic carbocycles. The highest BCUT2D eigenvalue weighted by molar-refractivity contribution is 7.10. The van der Waals surface area contributed by atoms with Crippen LogP contribution in [0.2, 0.25) is 0 Å². The van der Waals surface area contributed by atoms with Gasteiger partial charge in [0.25, 0.3) is 0 Å². The quantitative estimate of drug-likeness (QED) is 0.839. The Morgan fingerprint density at radius 1 is 1.38 bits per heavy atom. The maximum Gasteiger partial charge on any atom is 0.224 e. The van der Waals surface area contributed by atoms with Gasteiger partial charge in [-0.1, -0.05) is 6.07 Å². The van der Waals surface area contributed by atoms with Crippen LogP contribution in [0.25, 0.3) is 0 Å². The average molecular weight is 376 g/mol. The van der Waals surface area contributed by atoms with Gasteiger partial charge in [0, 0.05) is 35.4 Å². The highest BCUT2D eigenvalue weighted by Gasteiger charge is 2.47. The minimum absolute atomic E-state index is 0.186. The number of amides is 1. The number of thiophene rings is 1. The fourth-order valence-corrected chi connectivity index (χ4v) is 4.47. The third-order valence-electron chi connectivity index (χ3n) is 5.76. The van der Waals surface area contributed by atoms with Crippen molar-refractivity contribution in [3.8, 4) is 0 Å². The van der Waals surface area contributed by atoms with Crippen LogP contribution in [0, 0.1) is 17.5 Å². The number of hydrogen-bond acceptors (Lipinski definition) is 4. The van der Waals surface area contributed by atoms with Crippen LogP contribution in [-0.4, -0.2) is 28.9 Å². The predicted octanol–water partition coefficient (Wildman–Crippen LogP) is 3.64. The zero-order chi connectivity index (χ0) is 18.9. The predicted molar refractivity (Wildman–Crippen MR) is 102 cm³/mol. The molecule has 2 aromatic heterocycles. The molecule has 0 bridgehead atoms. The van der Waals surface area contributed by atoms with Gasteiger partial charge in [-0.05, 0) is 63.8 Å². The molecule has 140 valence electrons. The number of aryl methyl sites for hydroxylation is 2. The lowest BCUT2D eigenvalue weighted by Gasteiger charge is -2.37. The number of likely N-dealkylation sites (tertiary alicyclic amines) is 1. The molecule has 0 spiro atoms. The van der Waals surface area contributed by atoms with Gasteiger partial charge >= 0.3 is 0 Å². The first-order valence-electron chi connectivity index (χ1n) is 8.95. The van der Waals surface area contributed by atoms with E-state index in [1.54, 1.807) is 6.07 Å². The molecule has 3 heterocycles. The van der Waals surface area contributed by atoms with Gasteiger partial charge in [-0.25, -0.2) is 0 Å². The van der Waals surface area contributed by atoms with E-state index < -0.39 is 5.41 Å². The Labute approximate surface area is 158 Å². The molecule has 1 aliphatic heterocycles. The largest absolute Gasteiger partial charge is 0.369 e. The number of carbonyl (C=O) groups excluding carboxylic acids is 1.